The highest BCUT2D eigenvalue weighted by Crippen LogP contribution is 2.01. The van der Waals surface area contributed by atoms with E-state index in [2.05, 4.69) is 5.32 Å². The van der Waals surface area contributed by atoms with Crippen molar-refractivity contribution in [3.63, 3.8) is 0 Å². The first-order valence-electron chi connectivity index (χ1n) is 10.9. The van der Waals surface area contributed by atoms with Crippen molar-refractivity contribution < 1.29 is 34.8 Å². The van der Waals surface area contributed by atoms with E-state index in [1.165, 1.54) is 0 Å². The molecule has 0 heterocycles. The van der Waals surface area contributed by atoms with Gasteiger partial charge >= 0.3 is 17.9 Å². The molecule has 11 heteroatoms. The summed E-state index contributed by atoms with van der Waals surface area (Å²) in [6.45, 7) is 3.15. The van der Waals surface area contributed by atoms with Crippen LogP contribution in [0.1, 0.15) is 44.6 Å². The van der Waals surface area contributed by atoms with Gasteiger partial charge in [-0.3, -0.25) is 14.4 Å². The molecule has 0 radical (unpaired) electrons. The number of carboxylic acid groups (broad SMARTS) is 3. The van der Waals surface area contributed by atoms with Crippen LogP contribution in [-0.4, -0.2) is 76.2 Å². The van der Waals surface area contributed by atoms with E-state index >= 15 is 0 Å². The Labute approximate surface area is 195 Å². The maximum Gasteiger partial charge on any atom is 0.320 e. The third-order valence-electron chi connectivity index (χ3n) is 4.26. The van der Waals surface area contributed by atoms with Gasteiger partial charge in [0.05, 0.1) is 0 Å². The Hall–Kier alpha value is -2.57. The summed E-state index contributed by atoms with van der Waals surface area (Å²) in [4.78, 5) is 30.9. The minimum Gasteiger partial charge on any atom is -0.480 e. The van der Waals surface area contributed by atoms with Crippen molar-refractivity contribution >= 4 is 17.9 Å². The molecule has 0 aliphatic heterocycles. The standard InChI is InChI=1S/C9H11NO2.C7H15NO3.C6H14N2O2/c10-8(9(11)12)6-7-4-2-1-3-5-7;1-2-4-8-6(3-5-9)7(10)11;7-4-2-1-3-5(8)6(9)10/h1-5,8H,6,10H2,(H,11,12);6,8-9H,2-5H2,1H3,(H,10,11);5H,1-4,7-8H2,(H,9,10). The van der Waals surface area contributed by atoms with Crippen molar-refractivity contribution in [3.8, 4) is 0 Å². The fourth-order valence-electron chi connectivity index (χ4n) is 2.35. The predicted octanol–water partition coefficient (Wildman–Crippen LogP) is -0.0101. The van der Waals surface area contributed by atoms with Crippen LogP contribution in [0.25, 0.3) is 0 Å². The molecule has 0 spiro atoms. The smallest absolute Gasteiger partial charge is 0.320 e. The van der Waals surface area contributed by atoms with Gasteiger partial charge in [-0.2, -0.15) is 0 Å². The number of benzene rings is 1. The Balaban J connectivity index is 0. The van der Waals surface area contributed by atoms with E-state index in [9.17, 15) is 14.4 Å². The van der Waals surface area contributed by atoms with E-state index < -0.39 is 36.0 Å². The van der Waals surface area contributed by atoms with Crippen LogP contribution in [0.3, 0.4) is 0 Å². The van der Waals surface area contributed by atoms with E-state index in [1.54, 1.807) is 0 Å². The average Bonchev–Trinajstić information content (AvgIpc) is 2.78. The number of rotatable bonds is 14. The molecule has 0 fully saturated rings. The average molecular weight is 473 g/mol. The van der Waals surface area contributed by atoms with Gasteiger partial charge in [-0.25, -0.2) is 0 Å². The number of aliphatic hydroxyl groups excluding tert-OH is 1. The molecule has 11 nitrogen and oxygen atoms in total. The van der Waals surface area contributed by atoms with Gasteiger partial charge in [-0.15, -0.1) is 0 Å². The number of aliphatic hydroxyl groups is 1. The fraction of sp³-hybridized carbons (Fsp3) is 0.591. The van der Waals surface area contributed by atoms with E-state index in [0.717, 1.165) is 24.8 Å². The Morgan fingerprint density at radius 2 is 1.48 bits per heavy atom. The second-order valence-electron chi connectivity index (χ2n) is 7.22. The van der Waals surface area contributed by atoms with E-state index in [-0.39, 0.29) is 13.0 Å². The highest BCUT2D eigenvalue weighted by Gasteiger charge is 2.14. The van der Waals surface area contributed by atoms with Crippen molar-refractivity contribution in [2.45, 2.75) is 63.6 Å². The van der Waals surface area contributed by atoms with Gasteiger partial charge in [0.15, 0.2) is 0 Å². The lowest BCUT2D eigenvalue weighted by Gasteiger charge is -2.11. The third kappa shape index (κ3) is 19.8. The zero-order valence-corrected chi connectivity index (χ0v) is 19.2. The van der Waals surface area contributed by atoms with Gasteiger partial charge < -0.3 is 42.9 Å². The largest absolute Gasteiger partial charge is 0.480 e. The second-order valence-corrected chi connectivity index (χ2v) is 7.22. The summed E-state index contributed by atoms with van der Waals surface area (Å²) >= 11 is 0. The molecule has 0 saturated heterocycles. The van der Waals surface area contributed by atoms with Crippen LogP contribution in [0.5, 0.6) is 0 Å². The molecule has 0 aliphatic rings. The van der Waals surface area contributed by atoms with Crippen LogP contribution in [0, 0.1) is 0 Å². The molecular weight excluding hydrogens is 432 g/mol. The molecular formula is C22H40N4O7. The molecule has 0 saturated carbocycles. The summed E-state index contributed by atoms with van der Waals surface area (Å²) in [7, 11) is 0. The first-order valence-corrected chi connectivity index (χ1v) is 10.9. The number of carboxylic acids is 3. The first-order chi connectivity index (χ1) is 15.6. The van der Waals surface area contributed by atoms with Gasteiger partial charge in [0.1, 0.15) is 18.1 Å². The van der Waals surface area contributed by atoms with Crippen LogP contribution in [0.4, 0.5) is 0 Å². The van der Waals surface area contributed by atoms with Crippen molar-refractivity contribution in [1.29, 1.82) is 0 Å². The van der Waals surface area contributed by atoms with E-state index in [0.29, 0.717) is 25.9 Å². The van der Waals surface area contributed by atoms with Crippen LogP contribution in [0.15, 0.2) is 30.3 Å². The van der Waals surface area contributed by atoms with Crippen molar-refractivity contribution in [2.24, 2.45) is 17.2 Å². The predicted molar refractivity (Wildman–Crippen MR) is 126 cm³/mol. The Morgan fingerprint density at radius 1 is 0.909 bits per heavy atom. The molecule has 1 aromatic carbocycles. The summed E-state index contributed by atoms with van der Waals surface area (Å²) in [5, 5.41) is 36.7. The topological polar surface area (TPSA) is 222 Å². The second kappa shape index (κ2) is 21.3. The monoisotopic (exact) mass is 472 g/mol. The third-order valence-corrected chi connectivity index (χ3v) is 4.26. The van der Waals surface area contributed by atoms with Crippen molar-refractivity contribution in [1.82, 2.24) is 5.32 Å². The quantitative estimate of drug-likeness (QED) is 0.168. The maximum atomic E-state index is 10.4. The number of aliphatic carboxylic acids is 3. The van der Waals surface area contributed by atoms with Crippen LogP contribution in [-0.2, 0) is 20.8 Å². The molecule has 3 atom stereocenters. The molecule has 0 aliphatic carbocycles. The molecule has 33 heavy (non-hydrogen) atoms. The maximum absolute atomic E-state index is 10.4. The highest BCUT2D eigenvalue weighted by atomic mass is 16.4. The van der Waals surface area contributed by atoms with E-state index in [1.807, 2.05) is 37.3 Å². The van der Waals surface area contributed by atoms with E-state index in [4.69, 9.17) is 37.6 Å². The molecule has 11 N–H and O–H groups in total. The summed E-state index contributed by atoms with van der Waals surface area (Å²) < 4.78 is 0. The zero-order valence-electron chi connectivity index (χ0n) is 19.2. The summed E-state index contributed by atoms with van der Waals surface area (Å²) in [5.41, 5.74) is 16.7. The van der Waals surface area contributed by atoms with Crippen LogP contribution >= 0.6 is 0 Å². The number of hydrogen-bond acceptors (Lipinski definition) is 8. The lowest BCUT2D eigenvalue weighted by Crippen LogP contribution is -2.37. The van der Waals surface area contributed by atoms with Gasteiger partial charge in [-0.1, -0.05) is 43.7 Å². The molecule has 190 valence electrons. The number of nitrogens with two attached hydrogens (primary N) is 3. The molecule has 3 unspecified atom stereocenters. The van der Waals surface area contributed by atoms with Gasteiger partial charge in [0, 0.05) is 6.61 Å². The molecule has 0 amide bonds. The number of nitrogens with one attached hydrogen (secondary N) is 1. The fourth-order valence-corrected chi connectivity index (χ4v) is 2.35. The number of hydrogen-bond donors (Lipinski definition) is 8. The minimum atomic E-state index is -0.959. The zero-order chi connectivity index (χ0) is 25.6. The Kier molecular flexibility index (Phi) is 21.0. The molecule has 0 bridgehead atoms. The highest BCUT2D eigenvalue weighted by molar-refractivity contribution is 5.74. The van der Waals surface area contributed by atoms with Gasteiger partial charge in [0.2, 0.25) is 0 Å². The lowest BCUT2D eigenvalue weighted by atomic mass is 10.1. The van der Waals surface area contributed by atoms with Crippen molar-refractivity contribution in [2.75, 3.05) is 19.7 Å². The first kappa shape index (κ1) is 32.6. The van der Waals surface area contributed by atoms with Crippen molar-refractivity contribution in [3.05, 3.63) is 35.9 Å². The Morgan fingerprint density at radius 3 is 1.91 bits per heavy atom. The van der Waals surface area contributed by atoms with Crippen LogP contribution < -0.4 is 22.5 Å². The van der Waals surface area contributed by atoms with Gasteiger partial charge in [-0.05, 0) is 50.8 Å². The summed E-state index contributed by atoms with van der Waals surface area (Å²) in [5.74, 6) is -2.79. The molecule has 1 aromatic rings. The number of carbonyl (C=O) groups is 3. The lowest BCUT2D eigenvalue weighted by molar-refractivity contribution is -0.140. The molecule has 0 aromatic heterocycles. The van der Waals surface area contributed by atoms with Crippen LogP contribution in [0.2, 0.25) is 0 Å². The SMILES string of the molecule is CCCNC(CCO)C(=O)O.NC(Cc1ccccc1)C(=O)O.NCCCCC(N)C(=O)O. The number of unbranched alkanes of at least 4 members (excludes halogenated alkanes) is 1. The summed E-state index contributed by atoms with van der Waals surface area (Å²) in [6, 6.07) is 7.23. The summed E-state index contributed by atoms with van der Waals surface area (Å²) in [6.07, 6.45) is 3.72. The minimum absolute atomic E-state index is 0.0896. The van der Waals surface area contributed by atoms with Gasteiger partial charge in [0.25, 0.3) is 0 Å². The molecule has 1 rings (SSSR count). The Bertz CT molecular complexity index is 647. The normalized spacial score (nSPS) is 12.8.